The number of nitrogens with one attached hydrogen (secondary N) is 2. The summed E-state index contributed by atoms with van der Waals surface area (Å²) in [6.07, 6.45) is 1.49. The van der Waals surface area contributed by atoms with Gasteiger partial charge < -0.3 is 11.1 Å². The van der Waals surface area contributed by atoms with Gasteiger partial charge >= 0.3 is 0 Å². The number of nitrogens with two attached hydrogens (primary N) is 1. The van der Waals surface area contributed by atoms with Crippen molar-refractivity contribution in [3.8, 4) is 0 Å². The van der Waals surface area contributed by atoms with Gasteiger partial charge in [-0.1, -0.05) is 13.8 Å². The normalized spacial score (nSPS) is 11.6. The molecule has 0 fully saturated rings. The van der Waals surface area contributed by atoms with Crippen LogP contribution in [0.15, 0.2) is 23.2 Å². The van der Waals surface area contributed by atoms with Crippen LogP contribution in [0.2, 0.25) is 0 Å². The molecule has 112 valence electrons. The number of sulfonamides is 1. The highest BCUT2D eigenvalue weighted by Crippen LogP contribution is 2.13. The molecule has 1 heterocycles. The van der Waals surface area contributed by atoms with Gasteiger partial charge in [0.1, 0.15) is 10.7 Å². The van der Waals surface area contributed by atoms with Gasteiger partial charge in [0.25, 0.3) is 0 Å². The molecule has 1 rings (SSSR count). The van der Waals surface area contributed by atoms with Crippen molar-refractivity contribution in [2.75, 3.05) is 18.8 Å². The molecule has 1 aromatic rings. The van der Waals surface area contributed by atoms with Crippen LogP contribution < -0.4 is 15.8 Å². The Hall–Kier alpha value is -1.67. The summed E-state index contributed by atoms with van der Waals surface area (Å²) < 4.78 is 26.2. The molecule has 1 amide bonds. The quantitative estimate of drug-likeness (QED) is 0.661. The Morgan fingerprint density at radius 2 is 2.15 bits per heavy atom. The molecule has 0 unspecified atom stereocenters. The third kappa shape index (κ3) is 5.14. The smallest absolute Gasteiger partial charge is 0.244 e. The molecule has 0 aliphatic carbocycles. The van der Waals surface area contributed by atoms with E-state index in [9.17, 15) is 13.2 Å². The van der Waals surface area contributed by atoms with Crippen LogP contribution >= 0.6 is 0 Å². The molecule has 0 aromatic carbocycles. The number of carbonyl (C=O) groups is 1. The first kappa shape index (κ1) is 16.4. The van der Waals surface area contributed by atoms with E-state index in [4.69, 9.17) is 5.73 Å². The molecule has 4 N–H and O–H groups in total. The minimum Gasteiger partial charge on any atom is -0.383 e. The van der Waals surface area contributed by atoms with E-state index in [1.165, 1.54) is 18.3 Å². The Labute approximate surface area is 119 Å². The molecule has 20 heavy (non-hydrogen) atoms. The number of amides is 1. The summed E-state index contributed by atoms with van der Waals surface area (Å²) in [6, 6.07) is 2.85. The molecule has 0 aliphatic heterocycles. The van der Waals surface area contributed by atoms with E-state index in [2.05, 4.69) is 15.0 Å². The van der Waals surface area contributed by atoms with Gasteiger partial charge in [-0.2, -0.15) is 0 Å². The van der Waals surface area contributed by atoms with Crippen molar-refractivity contribution in [3.05, 3.63) is 18.3 Å². The minimum atomic E-state index is -3.74. The second kappa shape index (κ2) is 7.20. The van der Waals surface area contributed by atoms with Crippen molar-refractivity contribution >= 4 is 21.7 Å². The van der Waals surface area contributed by atoms with E-state index in [1.54, 1.807) is 0 Å². The van der Waals surface area contributed by atoms with Gasteiger partial charge in [0.15, 0.2) is 0 Å². The van der Waals surface area contributed by atoms with Gasteiger partial charge in [0.05, 0.1) is 0 Å². The van der Waals surface area contributed by atoms with Crippen molar-refractivity contribution < 1.29 is 13.2 Å². The molecule has 0 saturated carbocycles. The third-order valence-electron chi connectivity index (χ3n) is 2.44. The second-order valence-corrected chi connectivity index (χ2v) is 6.47. The summed E-state index contributed by atoms with van der Waals surface area (Å²) in [5, 5.41) is 2.71. The molecule has 7 nitrogen and oxygen atoms in total. The summed E-state index contributed by atoms with van der Waals surface area (Å²) in [5.74, 6) is 0.0932. The number of rotatable bonds is 7. The molecule has 0 atom stereocenters. The van der Waals surface area contributed by atoms with Crippen LogP contribution in [-0.2, 0) is 14.8 Å². The molecule has 1 aromatic heterocycles. The summed E-state index contributed by atoms with van der Waals surface area (Å²) in [7, 11) is -3.74. The van der Waals surface area contributed by atoms with E-state index >= 15 is 0 Å². The number of aromatic nitrogens is 1. The lowest BCUT2D eigenvalue weighted by molar-refractivity contribution is -0.121. The average Bonchev–Trinajstić information content (AvgIpc) is 2.36. The van der Waals surface area contributed by atoms with Crippen LogP contribution in [0.1, 0.15) is 20.3 Å². The number of hydrogen-bond donors (Lipinski definition) is 3. The van der Waals surface area contributed by atoms with Gasteiger partial charge in [-0.15, -0.1) is 0 Å². The zero-order valence-electron chi connectivity index (χ0n) is 11.6. The Morgan fingerprint density at radius 1 is 1.45 bits per heavy atom. The third-order valence-corrected chi connectivity index (χ3v) is 3.95. The summed E-state index contributed by atoms with van der Waals surface area (Å²) in [6.45, 7) is 4.55. The first-order valence-corrected chi connectivity index (χ1v) is 7.78. The molecule has 0 spiro atoms. The predicted molar refractivity (Wildman–Crippen MR) is 76.3 cm³/mol. The Bertz CT molecular complexity index is 558. The topological polar surface area (TPSA) is 114 Å². The predicted octanol–water partition coefficient (Wildman–Crippen LogP) is 0.104. The number of carbonyl (C=O) groups excluding carboxylic acids is 1. The zero-order chi connectivity index (χ0) is 15.2. The number of pyridine rings is 1. The lowest BCUT2D eigenvalue weighted by Gasteiger charge is -2.09. The molecule has 0 bridgehead atoms. The first-order valence-electron chi connectivity index (χ1n) is 6.30. The van der Waals surface area contributed by atoms with Gasteiger partial charge in [-0.3, -0.25) is 4.79 Å². The standard InChI is InChI=1S/C12H20N4O3S/c1-9(2)8-15-11(17)5-7-16-20(18,19)10-4-3-6-14-12(10)13/h3-4,6,9,16H,5,7-8H2,1-2H3,(H2,13,14)(H,15,17). The van der Waals surface area contributed by atoms with Gasteiger partial charge in [0.2, 0.25) is 15.9 Å². The SMILES string of the molecule is CC(C)CNC(=O)CCNS(=O)(=O)c1cccnc1N. The summed E-state index contributed by atoms with van der Waals surface area (Å²) in [5.41, 5.74) is 5.51. The zero-order valence-corrected chi connectivity index (χ0v) is 12.4. The Morgan fingerprint density at radius 3 is 2.75 bits per heavy atom. The number of anilines is 1. The summed E-state index contributed by atoms with van der Waals surface area (Å²) >= 11 is 0. The molecule has 0 aliphatic rings. The van der Waals surface area contributed by atoms with Crippen LogP contribution in [0.3, 0.4) is 0 Å². The molecule has 0 saturated heterocycles. The Balaban J connectivity index is 2.49. The minimum absolute atomic E-state index is 0.0145. The van der Waals surface area contributed by atoms with Crippen molar-refractivity contribution in [3.63, 3.8) is 0 Å². The van der Waals surface area contributed by atoms with Gasteiger partial charge in [-0.25, -0.2) is 18.1 Å². The van der Waals surface area contributed by atoms with Crippen LogP contribution in [0.25, 0.3) is 0 Å². The number of hydrogen-bond acceptors (Lipinski definition) is 5. The largest absolute Gasteiger partial charge is 0.383 e. The van der Waals surface area contributed by atoms with Crippen molar-refractivity contribution in [2.24, 2.45) is 5.92 Å². The van der Waals surface area contributed by atoms with Crippen LogP contribution in [0.4, 0.5) is 5.82 Å². The van der Waals surface area contributed by atoms with Crippen LogP contribution in [-0.4, -0.2) is 32.4 Å². The van der Waals surface area contributed by atoms with E-state index in [1.807, 2.05) is 13.8 Å². The van der Waals surface area contributed by atoms with Gasteiger partial charge in [0, 0.05) is 25.7 Å². The van der Waals surface area contributed by atoms with Crippen molar-refractivity contribution in [1.82, 2.24) is 15.0 Å². The van der Waals surface area contributed by atoms with Gasteiger partial charge in [-0.05, 0) is 18.1 Å². The van der Waals surface area contributed by atoms with E-state index < -0.39 is 10.0 Å². The fourth-order valence-electron chi connectivity index (χ4n) is 1.41. The maximum absolute atomic E-state index is 11.9. The number of nitrogens with zero attached hydrogens (tertiary/aromatic N) is 1. The monoisotopic (exact) mass is 300 g/mol. The van der Waals surface area contributed by atoms with Crippen molar-refractivity contribution in [1.29, 1.82) is 0 Å². The number of nitrogen functional groups attached to an aromatic ring is 1. The summed E-state index contributed by atoms with van der Waals surface area (Å²) in [4.78, 5) is 15.1. The lowest BCUT2D eigenvalue weighted by atomic mass is 10.2. The fraction of sp³-hybridized carbons (Fsp3) is 0.500. The lowest BCUT2D eigenvalue weighted by Crippen LogP contribution is -2.32. The van der Waals surface area contributed by atoms with E-state index in [0.29, 0.717) is 12.5 Å². The molecular formula is C12H20N4O3S. The highest BCUT2D eigenvalue weighted by molar-refractivity contribution is 7.89. The highest BCUT2D eigenvalue weighted by atomic mass is 32.2. The first-order chi connectivity index (χ1) is 9.33. The van der Waals surface area contributed by atoms with Crippen LogP contribution in [0, 0.1) is 5.92 Å². The molecule has 0 radical (unpaired) electrons. The maximum atomic E-state index is 11.9. The molecule has 8 heteroatoms. The van der Waals surface area contributed by atoms with Crippen LogP contribution in [0.5, 0.6) is 0 Å². The second-order valence-electron chi connectivity index (χ2n) is 4.73. The average molecular weight is 300 g/mol. The van der Waals surface area contributed by atoms with E-state index in [-0.39, 0.29) is 29.6 Å². The molecular weight excluding hydrogens is 280 g/mol. The fourth-order valence-corrected chi connectivity index (χ4v) is 2.53. The Kier molecular flexibility index (Phi) is 5.90. The van der Waals surface area contributed by atoms with Crippen molar-refractivity contribution in [2.45, 2.75) is 25.2 Å². The highest BCUT2D eigenvalue weighted by Gasteiger charge is 2.17. The maximum Gasteiger partial charge on any atom is 0.244 e. The van der Waals surface area contributed by atoms with E-state index in [0.717, 1.165) is 0 Å².